The Morgan fingerprint density at radius 1 is 0.674 bits per heavy atom. The average molecular weight is 668 g/mol. The number of esters is 1. The van der Waals surface area contributed by atoms with Crippen molar-refractivity contribution in [3.8, 4) is 22.4 Å². The number of hydrogen-bond acceptors (Lipinski definition) is 6. The summed E-state index contributed by atoms with van der Waals surface area (Å²) in [6.45, 7) is -0.425. The molecule has 5 aromatic carbocycles. The SMILES string of the molecule is O=C(COC(=O)c1cc(-c2ccc(N3C(=O)c4ccccc4C3=O)cc2)nc2ccc(Br)cc12)c1ccc(-c2ccccc2)cc1. The number of ketones is 1. The number of benzene rings is 5. The quantitative estimate of drug-likeness (QED) is 0.0969. The second-order valence-electron chi connectivity index (χ2n) is 10.7. The highest BCUT2D eigenvalue weighted by Crippen LogP contribution is 2.32. The Hall–Kier alpha value is -5.73. The molecule has 0 unspecified atom stereocenters. The zero-order valence-corrected chi connectivity index (χ0v) is 25.7. The van der Waals surface area contributed by atoms with E-state index in [9.17, 15) is 19.2 Å². The maximum absolute atomic E-state index is 13.4. The number of carbonyl (C=O) groups is 4. The molecule has 8 heteroatoms. The van der Waals surface area contributed by atoms with Crippen molar-refractivity contribution in [1.29, 1.82) is 0 Å². The van der Waals surface area contributed by atoms with Crippen molar-refractivity contribution in [2.24, 2.45) is 0 Å². The fourth-order valence-electron chi connectivity index (χ4n) is 5.49. The number of fused-ring (bicyclic) bond motifs is 2. The maximum atomic E-state index is 13.4. The van der Waals surface area contributed by atoms with Crippen molar-refractivity contribution >= 4 is 56.1 Å². The molecule has 0 fully saturated rings. The maximum Gasteiger partial charge on any atom is 0.339 e. The molecule has 222 valence electrons. The van der Waals surface area contributed by atoms with Crippen LogP contribution in [0.5, 0.6) is 0 Å². The summed E-state index contributed by atoms with van der Waals surface area (Å²) >= 11 is 3.46. The second kappa shape index (κ2) is 12.0. The molecule has 0 spiro atoms. The van der Waals surface area contributed by atoms with Crippen LogP contribution < -0.4 is 4.90 Å². The summed E-state index contributed by atoms with van der Waals surface area (Å²) in [5.41, 5.74) is 5.56. The zero-order chi connectivity index (χ0) is 31.8. The van der Waals surface area contributed by atoms with Crippen LogP contribution in [0.25, 0.3) is 33.3 Å². The topological polar surface area (TPSA) is 93.6 Å². The summed E-state index contributed by atoms with van der Waals surface area (Å²) in [4.78, 5) is 58.2. The molecule has 0 N–H and O–H groups in total. The van der Waals surface area contributed by atoms with Crippen LogP contribution in [-0.2, 0) is 4.74 Å². The van der Waals surface area contributed by atoms with Crippen molar-refractivity contribution in [2.45, 2.75) is 0 Å². The van der Waals surface area contributed by atoms with Crippen LogP contribution >= 0.6 is 15.9 Å². The number of amides is 2. The first-order chi connectivity index (χ1) is 22.4. The molecule has 1 aromatic heterocycles. The van der Waals surface area contributed by atoms with Crippen molar-refractivity contribution in [3.05, 3.63) is 154 Å². The molecule has 7 nitrogen and oxygen atoms in total. The molecule has 7 rings (SSSR count). The molecule has 46 heavy (non-hydrogen) atoms. The Balaban J connectivity index is 1.13. The average Bonchev–Trinajstić information content (AvgIpc) is 3.36. The number of aromatic nitrogens is 1. The monoisotopic (exact) mass is 666 g/mol. The molecule has 2 heterocycles. The van der Waals surface area contributed by atoms with Gasteiger partial charge in [0.15, 0.2) is 12.4 Å². The molecule has 1 aliphatic heterocycles. The third-order valence-electron chi connectivity index (χ3n) is 7.85. The highest BCUT2D eigenvalue weighted by Gasteiger charge is 2.36. The van der Waals surface area contributed by atoms with Gasteiger partial charge in [-0.2, -0.15) is 0 Å². The summed E-state index contributed by atoms with van der Waals surface area (Å²) in [6, 6.07) is 37.6. The van der Waals surface area contributed by atoms with Gasteiger partial charge in [0.2, 0.25) is 0 Å². The van der Waals surface area contributed by atoms with Gasteiger partial charge in [-0.25, -0.2) is 14.7 Å². The van der Waals surface area contributed by atoms with E-state index < -0.39 is 12.6 Å². The third-order valence-corrected chi connectivity index (χ3v) is 8.35. The van der Waals surface area contributed by atoms with E-state index in [-0.39, 0.29) is 23.2 Å². The lowest BCUT2D eigenvalue weighted by Crippen LogP contribution is -2.29. The first kappa shape index (κ1) is 29.0. The lowest BCUT2D eigenvalue weighted by atomic mass is 10.0. The van der Waals surface area contributed by atoms with E-state index in [1.54, 1.807) is 78.9 Å². The largest absolute Gasteiger partial charge is 0.454 e. The van der Waals surface area contributed by atoms with Gasteiger partial charge in [0.05, 0.1) is 33.6 Å². The van der Waals surface area contributed by atoms with Crippen LogP contribution in [0.4, 0.5) is 5.69 Å². The highest BCUT2D eigenvalue weighted by atomic mass is 79.9. The number of pyridine rings is 1. The van der Waals surface area contributed by atoms with Gasteiger partial charge in [0.25, 0.3) is 11.8 Å². The fourth-order valence-corrected chi connectivity index (χ4v) is 5.85. The van der Waals surface area contributed by atoms with Crippen molar-refractivity contribution in [2.75, 3.05) is 11.5 Å². The van der Waals surface area contributed by atoms with Crippen molar-refractivity contribution < 1.29 is 23.9 Å². The number of anilines is 1. The Bertz CT molecular complexity index is 2140. The molecule has 0 bridgehead atoms. The van der Waals surface area contributed by atoms with E-state index in [0.29, 0.717) is 44.5 Å². The summed E-state index contributed by atoms with van der Waals surface area (Å²) in [5.74, 6) is -1.75. The molecule has 1 aliphatic rings. The van der Waals surface area contributed by atoms with E-state index >= 15 is 0 Å². The number of rotatable bonds is 7. The minimum Gasteiger partial charge on any atom is -0.454 e. The van der Waals surface area contributed by atoms with Crippen LogP contribution in [-0.4, -0.2) is 35.2 Å². The van der Waals surface area contributed by atoms with Crippen LogP contribution in [0.15, 0.2) is 132 Å². The number of nitrogens with zero attached hydrogens (tertiary/aromatic N) is 2. The molecule has 0 atom stereocenters. The molecule has 0 radical (unpaired) electrons. The lowest BCUT2D eigenvalue weighted by molar-refractivity contribution is 0.0476. The van der Waals surface area contributed by atoms with Gasteiger partial charge < -0.3 is 4.74 Å². The smallest absolute Gasteiger partial charge is 0.339 e. The molecular formula is C38H23BrN2O5. The molecule has 2 amide bonds. The number of halogens is 1. The summed E-state index contributed by atoms with van der Waals surface area (Å²) in [7, 11) is 0. The second-order valence-corrected chi connectivity index (χ2v) is 11.6. The molecule has 0 saturated heterocycles. The van der Waals surface area contributed by atoms with E-state index in [1.807, 2.05) is 48.5 Å². The van der Waals surface area contributed by atoms with Gasteiger partial charge in [-0.3, -0.25) is 14.4 Å². The number of imide groups is 1. The minimum absolute atomic E-state index is 0.248. The van der Waals surface area contributed by atoms with E-state index in [2.05, 4.69) is 15.9 Å². The molecule has 6 aromatic rings. The lowest BCUT2D eigenvalue weighted by Gasteiger charge is -2.15. The van der Waals surface area contributed by atoms with E-state index in [4.69, 9.17) is 9.72 Å². The first-order valence-electron chi connectivity index (χ1n) is 14.4. The zero-order valence-electron chi connectivity index (χ0n) is 24.1. The number of Topliss-reactive ketones (excluding diaryl/α,β-unsaturated/α-hetero) is 1. The van der Waals surface area contributed by atoms with Crippen LogP contribution in [0.2, 0.25) is 0 Å². The van der Waals surface area contributed by atoms with Crippen LogP contribution in [0.1, 0.15) is 41.4 Å². The van der Waals surface area contributed by atoms with Crippen LogP contribution in [0, 0.1) is 0 Å². The summed E-state index contributed by atoms with van der Waals surface area (Å²) in [6.07, 6.45) is 0. The van der Waals surface area contributed by atoms with Crippen molar-refractivity contribution in [1.82, 2.24) is 4.98 Å². The van der Waals surface area contributed by atoms with Gasteiger partial charge in [-0.15, -0.1) is 0 Å². The minimum atomic E-state index is -0.663. The number of ether oxygens (including phenoxy) is 1. The van der Waals surface area contributed by atoms with E-state index in [0.717, 1.165) is 20.5 Å². The van der Waals surface area contributed by atoms with Gasteiger partial charge >= 0.3 is 5.97 Å². The predicted octanol–water partition coefficient (Wildman–Crippen LogP) is 8.17. The normalized spacial score (nSPS) is 12.3. The number of hydrogen-bond donors (Lipinski definition) is 0. The van der Waals surface area contributed by atoms with Gasteiger partial charge in [0.1, 0.15) is 0 Å². The van der Waals surface area contributed by atoms with E-state index in [1.165, 1.54) is 0 Å². The fraction of sp³-hybridized carbons (Fsp3) is 0.0263. The first-order valence-corrected chi connectivity index (χ1v) is 15.2. The Morgan fingerprint density at radius 3 is 1.96 bits per heavy atom. The Kier molecular flexibility index (Phi) is 7.56. The molecule has 0 aliphatic carbocycles. The summed E-state index contributed by atoms with van der Waals surface area (Å²) < 4.78 is 6.28. The highest BCUT2D eigenvalue weighted by molar-refractivity contribution is 9.10. The van der Waals surface area contributed by atoms with Gasteiger partial charge in [-0.05, 0) is 59.7 Å². The van der Waals surface area contributed by atoms with Crippen molar-refractivity contribution in [3.63, 3.8) is 0 Å². The molecule has 0 saturated carbocycles. The van der Waals surface area contributed by atoms with Gasteiger partial charge in [0, 0.05) is 21.0 Å². The van der Waals surface area contributed by atoms with Gasteiger partial charge in [-0.1, -0.05) is 94.8 Å². The third kappa shape index (κ3) is 5.39. The number of carbonyl (C=O) groups excluding carboxylic acids is 4. The van der Waals surface area contributed by atoms with Crippen LogP contribution in [0.3, 0.4) is 0 Å². The standard InChI is InChI=1S/C38H23BrN2O5/c39-27-16-19-33-31(20-27)32(38(45)46-22-35(42)26-12-10-24(11-13-26)23-6-2-1-3-7-23)21-34(40-33)25-14-17-28(18-15-25)41-36(43)29-8-4-5-9-30(29)37(41)44/h1-21H,22H2. The summed E-state index contributed by atoms with van der Waals surface area (Å²) in [5, 5.41) is 0.561. The Labute approximate surface area is 272 Å². The Morgan fingerprint density at radius 2 is 1.28 bits per heavy atom. The molecular weight excluding hydrogens is 644 g/mol. The predicted molar refractivity (Wildman–Crippen MR) is 179 cm³/mol.